The molecule has 0 saturated heterocycles. The Morgan fingerprint density at radius 1 is 1.33 bits per heavy atom. The van der Waals surface area contributed by atoms with E-state index in [0.717, 1.165) is 17.4 Å². The van der Waals surface area contributed by atoms with E-state index < -0.39 is 5.60 Å². The average Bonchev–Trinajstić information content (AvgIpc) is 2.38. The van der Waals surface area contributed by atoms with E-state index in [1.54, 1.807) is 6.07 Å². The van der Waals surface area contributed by atoms with Gasteiger partial charge in [0.05, 0.1) is 6.61 Å². The third kappa shape index (κ3) is 1.69. The van der Waals surface area contributed by atoms with Gasteiger partial charge in [0, 0.05) is 17.0 Å². The van der Waals surface area contributed by atoms with Crippen LogP contribution in [0.4, 0.5) is 0 Å². The minimum Gasteiger partial charge on any atom is -0.485 e. The second kappa shape index (κ2) is 3.85. The molecule has 1 aliphatic heterocycles. The summed E-state index contributed by atoms with van der Waals surface area (Å²) in [4.78, 5) is 11.3. The summed E-state index contributed by atoms with van der Waals surface area (Å²) in [5.74, 6) is 0.694. The largest absolute Gasteiger partial charge is 0.485 e. The smallest absolute Gasteiger partial charge is 0.336 e. The lowest BCUT2D eigenvalue weighted by Crippen LogP contribution is -2.39. The summed E-state index contributed by atoms with van der Waals surface area (Å²) in [7, 11) is 0. The molecule has 0 unspecified atom stereocenters. The van der Waals surface area contributed by atoms with E-state index in [0.29, 0.717) is 17.8 Å². The topological polar surface area (TPSA) is 59.7 Å². The van der Waals surface area contributed by atoms with Gasteiger partial charge >= 0.3 is 5.63 Å². The van der Waals surface area contributed by atoms with Gasteiger partial charge in [-0.15, -0.1) is 0 Å². The lowest BCUT2D eigenvalue weighted by Gasteiger charge is -2.34. The zero-order valence-electron chi connectivity index (χ0n) is 10.1. The molecule has 4 heteroatoms. The van der Waals surface area contributed by atoms with Crippen molar-refractivity contribution in [3.05, 3.63) is 40.2 Å². The summed E-state index contributed by atoms with van der Waals surface area (Å²) >= 11 is 0. The summed E-state index contributed by atoms with van der Waals surface area (Å²) in [6.07, 6.45) is 1.44. The van der Waals surface area contributed by atoms with Crippen molar-refractivity contribution >= 4 is 11.0 Å². The van der Waals surface area contributed by atoms with Crippen molar-refractivity contribution in [2.24, 2.45) is 0 Å². The molecular formula is C14H14O4. The van der Waals surface area contributed by atoms with Crippen molar-refractivity contribution in [1.29, 1.82) is 0 Å². The SMILES string of the molecule is C[C@]1(CO)CCc2c(ccc3ccc(=O)oc23)O1. The molecule has 0 aliphatic carbocycles. The fraction of sp³-hybridized carbons (Fsp3) is 0.357. The molecule has 0 radical (unpaired) electrons. The fourth-order valence-corrected chi connectivity index (χ4v) is 2.32. The van der Waals surface area contributed by atoms with Gasteiger partial charge in [-0.1, -0.05) is 0 Å². The molecule has 0 saturated carbocycles. The van der Waals surface area contributed by atoms with Crippen LogP contribution in [0.2, 0.25) is 0 Å². The zero-order valence-corrected chi connectivity index (χ0v) is 10.1. The van der Waals surface area contributed by atoms with E-state index in [-0.39, 0.29) is 12.2 Å². The van der Waals surface area contributed by atoms with Crippen LogP contribution >= 0.6 is 0 Å². The number of ether oxygens (including phenoxy) is 1. The van der Waals surface area contributed by atoms with Crippen molar-refractivity contribution in [2.75, 3.05) is 6.61 Å². The van der Waals surface area contributed by atoms with Crippen molar-refractivity contribution in [2.45, 2.75) is 25.4 Å². The van der Waals surface area contributed by atoms with E-state index >= 15 is 0 Å². The maximum absolute atomic E-state index is 11.3. The molecule has 2 aromatic rings. The standard InChI is InChI=1S/C14H14O4/c1-14(8-15)7-6-10-11(18-14)4-2-9-3-5-12(16)17-13(9)10/h2-5,15H,6-8H2,1H3/t14-/m1/s1. The molecule has 1 aromatic carbocycles. The van der Waals surface area contributed by atoms with Crippen LogP contribution in [0.1, 0.15) is 18.9 Å². The molecule has 1 N–H and O–H groups in total. The molecule has 0 fully saturated rings. The van der Waals surface area contributed by atoms with Gasteiger partial charge in [0.25, 0.3) is 0 Å². The lowest BCUT2D eigenvalue weighted by molar-refractivity contribution is 0.00824. The Bertz CT molecular complexity index is 658. The Kier molecular flexibility index (Phi) is 2.41. The Labute approximate surface area is 104 Å². The van der Waals surface area contributed by atoms with Crippen LogP contribution in [-0.4, -0.2) is 17.3 Å². The Balaban J connectivity index is 2.19. The average molecular weight is 246 g/mol. The monoisotopic (exact) mass is 246 g/mol. The quantitative estimate of drug-likeness (QED) is 0.780. The van der Waals surface area contributed by atoms with Crippen LogP contribution in [0.3, 0.4) is 0 Å². The summed E-state index contributed by atoms with van der Waals surface area (Å²) in [6.45, 7) is 1.85. The molecular weight excluding hydrogens is 232 g/mol. The maximum Gasteiger partial charge on any atom is 0.336 e. The first-order chi connectivity index (χ1) is 8.61. The van der Waals surface area contributed by atoms with Gasteiger partial charge in [-0.3, -0.25) is 0 Å². The van der Waals surface area contributed by atoms with Gasteiger partial charge < -0.3 is 14.3 Å². The third-order valence-electron chi connectivity index (χ3n) is 3.44. The van der Waals surface area contributed by atoms with Gasteiger partial charge in [-0.05, 0) is 38.0 Å². The first-order valence-corrected chi connectivity index (χ1v) is 5.97. The Morgan fingerprint density at radius 2 is 2.11 bits per heavy atom. The summed E-state index contributed by atoms with van der Waals surface area (Å²) in [6, 6.07) is 6.89. The van der Waals surface area contributed by atoms with Crippen LogP contribution in [-0.2, 0) is 6.42 Å². The zero-order chi connectivity index (χ0) is 12.8. The number of benzene rings is 1. The number of aliphatic hydroxyl groups excluding tert-OH is 1. The third-order valence-corrected chi connectivity index (χ3v) is 3.44. The second-order valence-electron chi connectivity index (χ2n) is 4.93. The number of hydrogen-bond acceptors (Lipinski definition) is 4. The summed E-state index contributed by atoms with van der Waals surface area (Å²) in [5.41, 5.74) is 0.609. The molecule has 4 nitrogen and oxygen atoms in total. The van der Waals surface area contributed by atoms with Crippen molar-refractivity contribution in [1.82, 2.24) is 0 Å². The first-order valence-electron chi connectivity index (χ1n) is 5.97. The van der Waals surface area contributed by atoms with E-state index in [9.17, 15) is 9.90 Å². The highest BCUT2D eigenvalue weighted by molar-refractivity contribution is 5.82. The van der Waals surface area contributed by atoms with Gasteiger partial charge in [0.1, 0.15) is 16.9 Å². The van der Waals surface area contributed by atoms with Crippen molar-refractivity contribution < 1.29 is 14.3 Å². The number of aliphatic hydroxyl groups is 1. The maximum atomic E-state index is 11.3. The fourth-order valence-electron chi connectivity index (χ4n) is 2.32. The van der Waals surface area contributed by atoms with E-state index in [1.165, 1.54) is 6.07 Å². The molecule has 1 aliphatic rings. The normalized spacial score (nSPS) is 22.6. The summed E-state index contributed by atoms with van der Waals surface area (Å²) in [5, 5.41) is 10.2. The molecule has 0 amide bonds. The van der Waals surface area contributed by atoms with Crippen LogP contribution in [0.5, 0.6) is 5.75 Å². The Hall–Kier alpha value is -1.81. The minimum atomic E-state index is -0.546. The number of aryl methyl sites for hydroxylation is 1. The highest BCUT2D eigenvalue weighted by Gasteiger charge is 2.32. The molecule has 0 bridgehead atoms. The van der Waals surface area contributed by atoms with Gasteiger partial charge in [-0.2, -0.15) is 0 Å². The highest BCUT2D eigenvalue weighted by atomic mass is 16.5. The van der Waals surface area contributed by atoms with Gasteiger partial charge in [0.2, 0.25) is 0 Å². The minimum absolute atomic E-state index is 0.0246. The molecule has 3 rings (SSSR count). The first kappa shape index (κ1) is 11.3. The molecule has 0 spiro atoms. The van der Waals surface area contributed by atoms with Crippen LogP contribution in [0.15, 0.2) is 33.5 Å². The second-order valence-corrected chi connectivity index (χ2v) is 4.93. The van der Waals surface area contributed by atoms with Gasteiger partial charge in [-0.25, -0.2) is 4.79 Å². The molecule has 94 valence electrons. The van der Waals surface area contributed by atoms with E-state index in [2.05, 4.69) is 0 Å². The number of hydrogen-bond donors (Lipinski definition) is 1. The van der Waals surface area contributed by atoms with E-state index in [4.69, 9.17) is 9.15 Å². The van der Waals surface area contributed by atoms with Gasteiger partial charge in [0.15, 0.2) is 0 Å². The predicted octanol–water partition coefficient (Wildman–Crippen LogP) is 1.87. The summed E-state index contributed by atoms with van der Waals surface area (Å²) < 4.78 is 11.1. The molecule has 2 heterocycles. The Morgan fingerprint density at radius 3 is 2.89 bits per heavy atom. The van der Waals surface area contributed by atoms with Crippen molar-refractivity contribution in [3.63, 3.8) is 0 Å². The number of rotatable bonds is 1. The predicted molar refractivity (Wildman–Crippen MR) is 66.9 cm³/mol. The molecule has 1 atom stereocenters. The molecule has 1 aromatic heterocycles. The van der Waals surface area contributed by atoms with Crippen LogP contribution in [0, 0.1) is 0 Å². The van der Waals surface area contributed by atoms with Crippen molar-refractivity contribution in [3.8, 4) is 5.75 Å². The van der Waals surface area contributed by atoms with Crippen LogP contribution in [0.25, 0.3) is 11.0 Å². The van der Waals surface area contributed by atoms with E-state index in [1.807, 2.05) is 19.1 Å². The molecule has 18 heavy (non-hydrogen) atoms. The number of fused-ring (bicyclic) bond motifs is 3. The van der Waals surface area contributed by atoms with Crippen LogP contribution < -0.4 is 10.4 Å². The lowest BCUT2D eigenvalue weighted by atomic mass is 9.92. The highest BCUT2D eigenvalue weighted by Crippen LogP contribution is 2.36.